The highest BCUT2D eigenvalue weighted by Gasteiger charge is 2.33. The Morgan fingerprint density at radius 2 is 1.89 bits per heavy atom. The SMILES string of the molecule is C=Cc1c(OC)cc(OC2CC(NC(=O)OC(C)(C)C)C2)cc1C(=O)OC. The molecule has 0 aliphatic heterocycles. The lowest BCUT2D eigenvalue weighted by Crippen LogP contribution is -2.50. The molecule has 0 bridgehead atoms. The number of ether oxygens (including phenoxy) is 4. The fourth-order valence-corrected chi connectivity index (χ4v) is 2.77. The van der Waals surface area contributed by atoms with Crippen molar-refractivity contribution in [1.29, 1.82) is 0 Å². The maximum absolute atomic E-state index is 12.0. The number of alkyl carbamates (subject to hydrolysis) is 1. The van der Waals surface area contributed by atoms with Gasteiger partial charge >= 0.3 is 12.1 Å². The van der Waals surface area contributed by atoms with Crippen LogP contribution in [-0.4, -0.2) is 44.0 Å². The zero-order valence-electron chi connectivity index (χ0n) is 16.5. The van der Waals surface area contributed by atoms with Gasteiger partial charge < -0.3 is 24.3 Å². The molecule has 1 N–H and O–H groups in total. The number of hydrogen-bond donors (Lipinski definition) is 1. The zero-order valence-corrected chi connectivity index (χ0v) is 16.5. The molecule has 148 valence electrons. The molecule has 0 atom stereocenters. The van der Waals surface area contributed by atoms with Crippen LogP contribution in [0.1, 0.15) is 49.5 Å². The molecule has 0 saturated heterocycles. The second-order valence-corrected chi connectivity index (χ2v) is 7.34. The number of hydrogen-bond acceptors (Lipinski definition) is 6. The van der Waals surface area contributed by atoms with E-state index < -0.39 is 17.7 Å². The van der Waals surface area contributed by atoms with Gasteiger partial charge in [0.25, 0.3) is 0 Å². The Morgan fingerprint density at radius 3 is 2.41 bits per heavy atom. The van der Waals surface area contributed by atoms with E-state index in [4.69, 9.17) is 18.9 Å². The van der Waals surface area contributed by atoms with Gasteiger partial charge in [0.05, 0.1) is 19.8 Å². The standard InChI is InChI=1S/C20H27NO6/c1-7-15-16(18(22)25-6)10-14(11-17(15)24-5)26-13-8-12(9-13)21-19(23)27-20(2,3)4/h7,10-13H,1,8-9H2,2-6H3,(H,21,23). The topological polar surface area (TPSA) is 83.1 Å². The normalized spacial score (nSPS) is 18.7. The lowest BCUT2D eigenvalue weighted by molar-refractivity contribution is 0.0360. The molecule has 1 aliphatic rings. The Kier molecular flexibility index (Phi) is 6.36. The minimum atomic E-state index is -0.530. The highest BCUT2D eigenvalue weighted by Crippen LogP contribution is 2.33. The third-order valence-corrected chi connectivity index (χ3v) is 4.06. The second-order valence-electron chi connectivity index (χ2n) is 7.34. The molecule has 1 aromatic carbocycles. The van der Waals surface area contributed by atoms with Crippen LogP contribution in [0.15, 0.2) is 18.7 Å². The van der Waals surface area contributed by atoms with Gasteiger partial charge in [-0.25, -0.2) is 9.59 Å². The van der Waals surface area contributed by atoms with Gasteiger partial charge in [-0.15, -0.1) is 0 Å². The summed E-state index contributed by atoms with van der Waals surface area (Å²) in [7, 11) is 2.82. The highest BCUT2D eigenvalue weighted by molar-refractivity contribution is 5.95. The minimum Gasteiger partial charge on any atom is -0.496 e. The molecule has 1 saturated carbocycles. The maximum Gasteiger partial charge on any atom is 0.407 e. The van der Waals surface area contributed by atoms with Crippen molar-refractivity contribution in [2.75, 3.05) is 14.2 Å². The molecule has 1 fully saturated rings. The number of amides is 1. The Bertz CT molecular complexity index is 716. The van der Waals surface area contributed by atoms with Crippen molar-refractivity contribution >= 4 is 18.1 Å². The van der Waals surface area contributed by atoms with E-state index in [1.807, 2.05) is 20.8 Å². The molecular formula is C20H27NO6. The van der Waals surface area contributed by atoms with Gasteiger partial charge in [-0.2, -0.15) is 0 Å². The summed E-state index contributed by atoms with van der Waals surface area (Å²) in [5.41, 5.74) is 0.344. The molecule has 0 unspecified atom stereocenters. The smallest absolute Gasteiger partial charge is 0.407 e. The van der Waals surface area contributed by atoms with Crippen LogP contribution in [0, 0.1) is 0 Å². The molecule has 1 amide bonds. The van der Waals surface area contributed by atoms with Gasteiger partial charge in [0.15, 0.2) is 0 Å². The summed E-state index contributed by atoms with van der Waals surface area (Å²) in [5.74, 6) is 0.482. The predicted molar refractivity (Wildman–Crippen MR) is 101 cm³/mol. The number of carbonyl (C=O) groups is 2. The van der Waals surface area contributed by atoms with Crippen molar-refractivity contribution in [2.45, 2.75) is 51.4 Å². The number of carbonyl (C=O) groups excluding carboxylic acids is 2. The molecule has 7 heteroatoms. The van der Waals surface area contributed by atoms with Crippen molar-refractivity contribution in [2.24, 2.45) is 0 Å². The first-order chi connectivity index (χ1) is 12.7. The third kappa shape index (κ3) is 5.39. The molecule has 7 nitrogen and oxygen atoms in total. The summed E-state index contributed by atoms with van der Waals surface area (Å²) in [6, 6.07) is 3.32. The van der Waals surface area contributed by atoms with Crippen LogP contribution < -0.4 is 14.8 Å². The molecule has 2 rings (SSSR count). The highest BCUT2D eigenvalue weighted by atomic mass is 16.6. The Balaban J connectivity index is 2.00. The van der Waals surface area contributed by atoms with Crippen LogP contribution in [0.2, 0.25) is 0 Å². The van der Waals surface area contributed by atoms with Crippen LogP contribution in [0.25, 0.3) is 6.08 Å². The summed E-state index contributed by atoms with van der Waals surface area (Å²) >= 11 is 0. The predicted octanol–water partition coefficient (Wildman–Crippen LogP) is 3.56. The molecule has 0 heterocycles. The Labute approximate surface area is 159 Å². The number of esters is 1. The van der Waals surface area contributed by atoms with E-state index in [9.17, 15) is 9.59 Å². The molecule has 1 aliphatic carbocycles. The first-order valence-corrected chi connectivity index (χ1v) is 8.75. The van der Waals surface area contributed by atoms with Gasteiger partial charge in [-0.1, -0.05) is 12.7 Å². The van der Waals surface area contributed by atoms with Gasteiger partial charge in [-0.3, -0.25) is 0 Å². The van der Waals surface area contributed by atoms with Crippen LogP contribution >= 0.6 is 0 Å². The third-order valence-electron chi connectivity index (χ3n) is 4.06. The largest absolute Gasteiger partial charge is 0.496 e. The van der Waals surface area contributed by atoms with Gasteiger partial charge in [-0.05, 0) is 26.8 Å². The van der Waals surface area contributed by atoms with E-state index in [1.54, 1.807) is 18.2 Å². The molecule has 0 radical (unpaired) electrons. The van der Waals surface area contributed by atoms with Crippen LogP contribution in [-0.2, 0) is 9.47 Å². The van der Waals surface area contributed by atoms with Crippen molar-refractivity contribution in [3.05, 3.63) is 29.8 Å². The number of methoxy groups -OCH3 is 2. The maximum atomic E-state index is 12.0. The van der Waals surface area contributed by atoms with Gasteiger partial charge in [0, 0.05) is 30.5 Å². The van der Waals surface area contributed by atoms with Crippen molar-refractivity contribution in [3.8, 4) is 11.5 Å². The average molecular weight is 377 g/mol. The quantitative estimate of drug-likeness (QED) is 0.763. The fourth-order valence-electron chi connectivity index (χ4n) is 2.77. The van der Waals surface area contributed by atoms with E-state index >= 15 is 0 Å². The number of nitrogens with one attached hydrogen (secondary N) is 1. The Morgan fingerprint density at radius 1 is 1.22 bits per heavy atom. The minimum absolute atomic E-state index is 0.000675. The van der Waals surface area contributed by atoms with E-state index in [0.717, 1.165) is 0 Å². The van der Waals surface area contributed by atoms with E-state index in [0.29, 0.717) is 35.5 Å². The lowest BCUT2D eigenvalue weighted by Gasteiger charge is -2.36. The fraction of sp³-hybridized carbons (Fsp3) is 0.500. The molecule has 0 spiro atoms. The van der Waals surface area contributed by atoms with Crippen molar-refractivity contribution in [1.82, 2.24) is 5.32 Å². The monoisotopic (exact) mass is 377 g/mol. The van der Waals surface area contributed by atoms with Gasteiger partial charge in [0.1, 0.15) is 23.2 Å². The van der Waals surface area contributed by atoms with E-state index in [-0.39, 0.29) is 12.1 Å². The van der Waals surface area contributed by atoms with E-state index in [2.05, 4.69) is 11.9 Å². The van der Waals surface area contributed by atoms with Crippen LogP contribution in [0.4, 0.5) is 4.79 Å². The molecule has 0 aromatic heterocycles. The lowest BCUT2D eigenvalue weighted by atomic mass is 9.89. The average Bonchev–Trinajstić information content (AvgIpc) is 2.56. The van der Waals surface area contributed by atoms with Gasteiger partial charge in [0.2, 0.25) is 0 Å². The zero-order chi connectivity index (χ0) is 20.2. The molecule has 1 aromatic rings. The summed E-state index contributed by atoms with van der Waals surface area (Å²) < 4.78 is 21.3. The van der Waals surface area contributed by atoms with Crippen molar-refractivity contribution < 1.29 is 28.5 Å². The summed E-state index contributed by atoms with van der Waals surface area (Å²) in [5, 5.41) is 2.81. The number of benzene rings is 1. The first-order valence-electron chi connectivity index (χ1n) is 8.75. The summed E-state index contributed by atoms with van der Waals surface area (Å²) in [6.07, 6.45) is 2.33. The Hall–Kier alpha value is -2.70. The second kappa shape index (κ2) is 8.33. The van der Waals surface area contributed by atoms with Crippen LogP contribution in [0.5, 0.6) is 11.5 Å². The van der Waals surface area contributed by atoms with Crippen molar-refractivity contribution in [3.63, 3.8) is 0 Å². The van der Waals surface area contributed by atoms with E-state index in [1.165, 1.54) is 14.2 Å². The molecule has 27 heavy (non-hydrogen) atoms. The number of rotatable bonds is 6. The summed E-state index contributed by atoms with van der Waals surface area (Å²) in [6.45, 7) is 9.17. The summed E-state index contributed by atoms with van der Waals surface area (Å²) in [4.78, 5) is 23.8. The molecular weight excluding hydrogens is 350 g/mol. The van der Waals surface area contributed by atoms with Crippen LogP contribution in [0.3, 0.4) is 0 Å². The first kappa shape index (κ1) is 20.6.